The van der Waals surface area contributed by atoms with Crippen molar-refractivity contribution >= 4 is 17.3 Å². The number of thiazole rings is 1. The van der Waals surface area contributed by atoms with Crippen molar-refractivity contribution in [3.63, 3.8) is 0 Å². The van der Waals surface area contributed by atoms with Crippen LogP contribution in [0.5, 0.6) is 5.75 Å². The highest BCUT2D eigenvalue weighted by Gasteiger charge is 2.16. The molecular formula is C15H15F2NO3S. The number of halogens is 2. The molecule has 1 heterocycles. The first-order valence-electron chi connectivity index (χ1n) is 6.81. The van der Waals surface area contributed by atoms with Gasteiger partial charge in [-0.25, -0.2) is 18.6 Å². The van der Waals surface area contributed by atoms with Gasteiger partial charge < -0.3 is 9.84 Å². The van der Waals surface area contributed by atoms with Gasteiger partial charge in [-0.2, -0.15) is 0 Å². The first kappa shape index (κ1) is 16.4. The van der Waals surface area contributed by atoms with E-state index in [2.05, 4.69) is 4.98 Å². The van der Waals surface area contributed by atoms with E-state index >= 15 is 0 Å². The van der Waals surface area contributed by atoms with Crippen LogP contribution in [0.2, 0.25) is 0 Å². The maximum Gasteiger partial charge on any atom is 0.347 e. The Hall–Kier alpha value is -2.02. The van der Waals surface area contributed by atoms with E-state index in [1.165, 1.54) is 6.07 Å². The molecule has 118 valence electrons. The van der Waals surface area contributed by atoms with Gasteiger partial charge in [-0.3, -0.25) is 0 Å². The fraction of sp³-hybridized carbons (Fsp3) is 0.333. The fourth-order valence-corrected chi connectivity index (χ4v) is 2.85. The summed E-state index contributed by atoms with van der Waals surface area (Å²) in [6, 6.07) is 3.09. The Labute approximate surface area is 130 Å². The molecule has 0 atom stereocenters. The Bertz CT molecular complexity index is 673. The summed E-state index contributed by atoms with van der Waals surface area (Å²) < 4.78 is 31.4. The van der Waals surface area contributed by atoms with E-state index in [1.54, 1.807) is 0 Å². The van der Waals surface area contributed by atoms with Gasteiger partial charge in [-0.1, -0.05) is 13.3 Å². The SMILES string of the molecule is CCCc1nc(CCOc2ccc(F)cc2F)sc1C(=O)O. The number of carbonyl (C=O) groups is 1. The lowest BCUT2D eigenvalue weighted by Gasteiger charge is -2.05. The second-order valence-corrected chi connectivity index (χ2v) is 5.70. The molecule has 0 aliphatic carbocycles. The van der Waals surface area contributed by atoms with E-state index in [4.69, 9.17) is 9.84 Å². The maximum absolute atomic E-state index is 13.4. The first-order chi connectivity index (χ1) is 10.5. The third kappa shape index (κ3) is 4.00. The number of ether oxygens (including phenoxy) is 1. The molecule has 0 fully saturated rings. The summed E-state index contributed by atoms with van der Waals surface area (Å²) in [5.41, 5.74) is 0.572. The minimum atomic E-state index is -0.988. The minimum absolute atomic E-state index is 0.0369. The number of nitrogens with zero attached hydrogens (tertiary/aromatic N) is 1. The van der Waals surface area contributed by atoms with E-state index in [9.17, 15) is 13.6 Å². The monoisotopic (exact) mass is 327 g/mol. The summed E-state index contributed by atoms with van der Waals surface area (Å²) in [6.07, 6.45) is 1.78. The second kappa shape index (κ2) is 7.31. The van der Waals surface area contributed by atoms with Crippen molar-refractivity contribution in [1.29, 1.82) is 0 Å². The summed E-state index contributed by atoms with van der Waals surface area (Å²) in [5.74, 6) is -2.46. The molecular weight excluding hydrogens is 312 g/mol. The zero-order valence-electron chi connectivity index (χ0n) is 11.9. The van der Waals surface area contributed by atoms with Gasteiger partial charge in [0.15, 0.2) is 11.6 Å². The number of aryl methyl sites for hydroxylation is 1. The highest BCUT2D eigenvalue weighted by molar-refractivity contribution is 7.13. The lowest BCUT2D eigenvalue weighted by Crippen LogP contribution is -2.03. The summed E-state index contributed by atoms with van der Waals surface area (Å²) in [7, 11) is 0. The number of benzene rings is 1. The smallest absolute Gasteiger partial charge is 0.347 e. The van der Waals surface area contributed by atoms with Gasteiger partial charge >= 0.3 is 5.97 Å². The molecule has 1 N–H and O–H groups in total. The number of carboxylic acid groups (broad SMARTS) is 1. The van der Waals surface area contributed by atoms with Crippen LogP contribution in [-0.4, -0.2) is 22.7 Å². The zero-order valence-corrected chi connectivity index (χ0v) is 12.8. The molecule has 0 spiro atoms. The first-order valence-corrected chi connectivity index (χ1v) is 7.62. The molecule has 2 rings (SSSR count). The third-order valence-corrected chi connectivity index (χ3v) is 4.04. The minimum Gasteiger partial charge on any atom is -0.490 e. The van der Waals surface area contributed by atoms with Crippen LogP contribution in [0.1, 0.15) is 33.7 Å². The Kier molecular flexibility index (Phi) is 5.43. The van der Waals surface area contributed by atoms with E-state index in [0.717, 1.165) is 29.9 Å². The molecule has 1 aromatic carbocycles. The Morgan fingerprint density at radius 1 is 1.36 bits per heavy atom. The van der Waals surface area contributed by atoms with Crippen LogP contribution in [0.15, 0.2) is 18.2 Å². The molecule has 1 aromatic heterocycles. The van der Waals surface area contributed by atoms with Crippen LogP contribution in [0, 0.1) is 11.6 Å². The van der Waals surface area contributed by atoms with Gasteiger partial charge in [0.2, 0.25) is 0 Å². The lowest BCUT2D eigenvalue weighted by atomic mass is 10.2. The molecule has 7 heteroatoms. The van der Waals surface area contributed by atoms with Gasteiger partial charge in [0.25, 0.3) is 0 Å². The standard InChI is InChI=1S/C15H15F2NO3S/c1-2-3-11-14(15(19)20)22-13(18-11)6-7-21-12-5-4-9(16)8-10(12)17/h4-5,8H,2-3,6-7H2,1H3,(H,19,20). The molecule has 0 aliphatic heterocycles. The summed E-state index contributed by atoms with van der Waals surface area (Å²) >= 11 is 1.10. The van der Waals surface area contributed by atoms with E-state index < -0.39 is 17.6 Å². The molecule has 0 unspecified atom stereocenters. The fourth-order valence-electron chi connectivity index (χ4n) is 1.92. The van der Waals surface area contributed by atoms with Crippen LogP contribution in [0.4, 0.5) is 8.78 Å². The number of carboxylic acids is 1. The average molecular weight is 327 g/mol. The number of aromatic carboxylic acids is 1. The molecule has 22 heavy (non-hydrogen) atoms. The summed E-state index contributed by atoms with van der Waals surface area (Å²) in [5, 5.41) is 9.75. The third-order valence-electron chi connectivity index (χ3n) is 2.89. The van der Waals surface area contributed by atoms with Gasteiger partial charge in [-0.15, -0.1) is 11.3 Å². The molecule has 0 radical (unpaired) electrons. The van der Waals surface area contributed by atoms with Crippen LogP contribution >= 0.6 is 11.3 Å². The largest absolute Gasteiger partial charge is 0.490 e. The van der Waals surface area contributed by atoms with Gasteiger partial charge in [-0.05, 0) is 18.6 Å². The van der Waals surface area contributed by atoms with E-state index in [-0.39, 0.29) is 17.2 Å². The van der Waals surface area contributed by atoms with Crippen molar-refractivity contribution < 1.29 is 23.4 Å². The van der Waals surface area contributed by atoms with Crippen molar-refractivity contribution in [2.45, 2.75) is 26.2 Å². The molecule has 2 aromatic rings. The van der Waals surface area contributed by atoms with Gasteiger partial charge in [0.1, 0.15) is 10.7 Å². The van der Waals surface area contributed by atoms with Gasteiger partial charge in [0.05, 0.1) is 17.3 Å². The molecule has 0 amide bonds. The maximum atomic E-state index is 13.4. The highest BCUT2D eigenvalue weighted by Crippen LogP contribution is 2.22. The molecule has 0 saturated heterocycles. The van der Waals surface area contributed by atoms with Crippen LogP contribution < -0.4 is 4.74 Å². The van der Waals surface area contributed by atoms with Crippen molar-refractivity contribution in [1.82, 2.24) is 4.98 Å². The lowest BCUT2D eigenvalue weighted by molar-refractivity contribution is 0.0700. The molecule has 0 bridgehead atoms. The topological polar surface area (TPSA) is 59.4 Å². The number of hydrogen-bond donors (Lipinski definition) is 1. The highest BCUT2D eigenvalue weighted by atomic mass is 32.1. The second-order valence-electron chi connectivity index (χ2n) is 4.61. The average Bonchev–Trinajstić information content (AvgIpc) is 2.85. The normalized spacial score (nSPS) is 10.7. The van der Waals surface area contributed by atoms with E-state index in [1.807, 2.05) is 6.92 Å². The Morgan fingerprint density at radius 3 is 2.77 bits per heavy atom. The molecule has 4 nitrogen and oxygen atoms in total. The molecule has 0 saturated carbocycles. The predicted octanol–water partition coefficient (Wildman–Crippen LogP) is 3.69. The van der Waals surface area contributed by atoms with Crippen molar-refractivity contribution in [3.05, 3.63) is 45.4 Å². The van der Waals surface area contributed by atoms with Gasteiger partial charge in [0, 0.05) is 12.5 Å². The number of hydrogen-bond acceptors (Lipinski definition) is 4. The van der Waals surface area contributed by atoms with Crippen LogP contribution in [-0.2, 0) is 12.8 Å². The summed E-state index contributed by atoms with van der Waals surface area (Å²) in [4.78, 5) is 15.7. The predicted molar refractivity (Wildman–Crippen MR) is 78.6 cm³/mol. The van der Waals surface area contributed by atoms with E-state index in [0.29, 0.717) is 23.5 Å². The zero-order chi connectivity index (χ0) is 16.1. The van der Waals surface area contributed by atoms with Crippen LogP contribution in [0.3, 0.4) is 0 Å². The van der Waals surface area contributed by atoms with Crippen molar-refractivity contribution in [2.75, 3.05) is 6.61 Å². The van der Waals surface area contributed by atoms with Crippen molar-refractivity contribution in [3.8, 4) is 5.75 Å². The number of rotatable bonds is 7. The quantitative estimate of drug-likeness (QED) is 0.842. The van der Waals surface area contributed by atoms with Crippen LogP contribution in [0.25, 0.3) is 0 Å². The van der Waals surface area contributed by atoms with Crippen molar-refractivity contribution in [2.24, 2.45) is 0 Å². The summed E-state index contributed by atoms with van der Waals surface area (Å²) in [6.45, 7) is 2.09. The molecule has 0 aliphatic rings. The Morgan fingerprint density at radius 2 is 2.14 bits per heavy atom. The Balaban J connectivity index is 1.99. The number of aromatic nitrogens is 1.